The van der Waals surface area contributed by atoms with Crippen molar-refractivity contribution >= 4 is 33.4 Å². The first kappa shape index (κ1) is 20.0. The zero-order chi connectivity index (χ0) is 21.6. The van der Waals surface area contributed by atoms with Gasteiger partial charge in [-0.1, -0.05) is 0 Å². The summed E-state index contributed by atoms with van der Waals surface area (Å²) in [6.45, 7) is 2.46. The molecule has 0 bridgehead atoms. The van der Waals surface area contributed by atoms with Crippen LogP contribution in [0.5, 0.6) is 0 Å². The Morgan fingerprint density at radius 2 is 1.73 bits per heavy atom. The van der Waals surface area contributed by atoms with Gasteiger partial charge in [-0.05, 0) is 31.2 Å². The Kier molecular flexibility index (Phi) is 4.79. The van der Waals surface area contributed by atoms with Crippen LogP contribution in [0.15, 0.2) is 42.9 Å². The Morgan fingerprint density at radius 3 is 2.43 bits per heavy atom. The topological polar surface area (TPSA) is 105 Å². The van der Waals surface area contributed by atoms with Crippen molar-refractivity contribution in [1.29, 1.82) is 0 Å². The summed E-state index contributed by atoms with van der Waals surface area (Å²) in [6, 6.07) is 6.71. The highest BCUT2D eigenvalue weighted by Gasteiger charge is 2.33. The van der Waals surface area contributed by atoms with E-state index in [0.29, 0.717) is 40.7 Å². The number of carbonyl (C=O) groups is 1. The van der Waals surface area contributed by atoms with Gasteiger partial charge in [-0.15, -0.1) is 4.09 Å². The lowest BCUT2D eigenvalue weighted by Crippen LogP contribution is -2.30. The smallest absolute Gasteiger partial charge is 0.309 e. The van der Waals surface area contributed by atoms with E-state index in [-0.39, 0.29) is 5.91 Å². The Balaban J connectivity index is 2.02. The molecule has 0 aliphatic carbocycles. The van der Waals surface area contributed by atoms with Gasteiger partial charge < -0.3 is 9.80 Å². The van der Waals surface area contributed by atoms with E-state index in [1.165, 1.54) is 25.2 Å². The molecule has 0 spiro atoms. The normalized spacial score (nSPS) is 14.0. The van der Waals surface area contributed by atoms with Gasteiger partial charge in [0.05, 0.1) is 23.1 Å². The molecule has 0 radical (unpaired) electrons. The molecular formula is C19H21N7O3S. The summed E-state index contributed by atoms with van der Waals surface area (Å²) in [6.07, 6.45) is 4.63. The highest BCUT2D eigenvalue weighted by atomic mass is 32.2. The van der Waals surface area contributed by atoms with Gasteiger partial charge in [-0.3, -0.25) is 4.79 Å². The minimum atomic E-state index is -3.86. The molecule has 4 rings (SSSR count). The fraction of sp³-hybridized carbons (Fsp3) is 0.263. The predicted octanol–water partition coefficient (Wildman–Crippen LogP) is 1.74. The first-order valence-corrected chi connectivity index (χ1v) is 10.7. The first-order valence-electron chi connectivity index (χ1n) is 9.26. The van der Waals surface area contributed by atoms with Gasteiger partial charge in [0.15, 0.2) is 5.82 Å². The monoisotopic (exact) mass is 427 g/mol. The van der Waals surface area contributed by atoms with Crippen molar-refractivity contribution in [2.24, 2.45) is 0 Å². The Labute approximate surface area is 174 Å². The summed E-state index contributed by atoms with van der Waals surface area (Å²) >= 11 is 0. The fourth-order valence-corrected chi connectivity index (χ4v) is 4.35. The van der Waals surface area contributed by atoms with Crippen molar-refractivity contribution < 1.29 is 13.2 Å². The second kappa shape index (κ2) is 7.18. The lowest BCUT2D eigenvalue weighted by molar-refractivity contribution is 0.0994. The number of carbonyl (C=O) groups excluding carboxylic acids is 1. The molecule has 0 atom stereocenters. The molecule has 1 aliphatic heterocycles. The molecule has 3 aromatic heterocycles. The zero-order valence-corrected chi connectivity index (χ0v) is 17.8. The Bertz CT molecular complexity index is 1240. The molecule has 156 valence electrons. The molecule has 0 saturated carbocycles. The number of aromatic nitrogens is 4. The fourth-order valence-electron chi connectivity index (χ4n) is 3.46. The van der Waals surface area contributed by atoms with Crippen molar-refractivity contribution in [3.8, 4) is 11.3 Å². The van der Waals surface area contributed by atoms with E-state index >= 15 is 0 Å². The second-order valence-electron chi connectivity index (χ2n) is 6.86. The number of rotatable bonds is 4. The SMILES string of the molecule is CCN1c2ncccc2C(=O)N(C)c2c(-c3ccnn3S(=O)(=O)N(C)C)ccnc21. The van der Waals surface area contributed by atoms with E-state index in [2.05, 4.69) is 15.1 Å². The third kappa shape index (κ3) is 2.85. The van der Waals surface area contributed by atoms with Gasteiger partial charge in [-0.2, -0.15) is 17.8 Å². The van der Waals surface area contributed by atoms with Crippen LogP contribution in [0, 0.1) is 0 Å². The zero-order valence-electron chi connectivity index (χ0n) is 17.0. The summed E-state index contributed by atoms with van der Waals surface area (Å²) in [4.78, 5) is 25.5. The first-order chi connectivity index (χ1) is 14.3. The molecule has 0 fully saturated rings. The average molecular weight is 427 g/mol. The second-order valence-corrected chi connectivity index (χ2v) is 8.84. The molecule has 11 heteroatoms. The van der Waals surface area contributed by atoms with Gasteiger partial charge in [0.1, 0.15) is 5.82 Å². The van der Waals surface area contributed by atoms with Gasteiger partial charge in [-0.25, -0.2) is 9.97 Å². The lowest BCUT2D eigenvalue weighted by atomic mass is 10.1. The molecule has 1 amide bonds. The van der Waals surface area contributed by atoms with Crippen molar-refractivity contribution in [3.63, 3.8) is 0 Å². The van der Waals surface area contributed by atoms with Crippen LogP contribution in [0.25, 0.3) is 11.3 Å². The van der Waals surface area contributed by atoms with E-state index in [4.69, 9.17) is 0 Å². The number of hydrogen-bond donors (Lipinski definition) is 0. The standard InChI is InChI=1S/C19H21N7O3S/c1-5-25-17-14(7-6-10-20-17)19(27)24(4)16-13(8-11-21-18(16)25)15-9-12-22-26(15)30(28,29)23(2)3/h6-12H,5H2,1-4H3. The summed E-state index contributed by atoms with van der Waals surface area (Å²) in [7, 11) is 0.650. The molecule has 0 unspecified atom stereocenters. The van der Waals surface area contributed by atoms with E-state index in [1.54, 1.807) is 43.7 Å². The predicted molar refractivity (Wildman–Crippen MR) is 113 cm³/mol. The average Bonchev–Trinajstić information content (AvgIpc) is 3.21. The molecule has 4 heterocycles. The van der Waals surface area contributed by atoms with Crippen LogP contribution < -0.4 is 9.80 Å². The van der Waals surface area contributed by atoms with Crippen LogP contribution in [0.3, 0.4) is 0 Å². The molecule has 10 nitrogen and oxygen atoms in total. The van der Waals surface area contributed by atoms with Crippen molar-refractivity contribution in [1.82, 2.24) is 23.5 Å². The highest BCUT2D eigenvalue weighted by molar-refractivity contribution is 7.87. The van der Waals surface area contributed by atoms with Crippen LogP contribution >= 0.6 is 0 Å². The maximum Gasteiger partial charge on any atom is 0.322 e. The van der Waals surface area contributed by atoms with E-state index in [0.717, 1.165) is 8.39 Å². The highest BCUT2D eigenvalue weighted by Crippen LogP contribution is 2.43. The number of fused-ring (bicyclic) bond motifs is 2. The van der Waals surface area contributed by atoms with Crippen molar-refractivity contribution in [2.45, 2.75) is 6.92 Å². The summed E-state index contributed by atoms with van der Waals surface area (Å²) in [5.41, 5.74) is 1.78. The number of amides is 1. The number of anilines is 3. The summed E-state index contributed by atoms with van der Waals surface area (Å²) < 4.78 is 27.6. The Morgan fingerprint density at radius 1 is 1.00 bits per heavy atom. The van der Waals surface area contributed by atoms with Gasteiger partial charge >= 0.3 is 10.2 Å². The van der Waals surface area contributed by atoms with Crippen molar-refractivity contribution in [3.05, 3.63) is 48.4 Å². The molecule has 0 saturated heterocycles. The number of nitrogens with zero attached hydrogens (tertiary/aromatic N) is 7. The minimum Gasteiger partial charge on any atom is -0.309 e. The van der Waals surface area contributed by atoms with E-state index < -0.39 is 10.2 Å². The van der Waals surface area contributed by atoms with Crippen LogP contribution in [-0.4, -0.2) is 65.5 Å². The van der Waals surface area contributed by atoms with Crippen LogP contribution in [0.1, 0.15) is 17.3 Å². The van der Waals surface area contributed by atoms with E-state index in [9.17, 15) is 13.2 Å². The lowest BCUT2D eigenvalue weighted by Gasteiger charge is -2.25. The molecule has 0 aromatic carbocycles. The van der Waals surface area contributed by atoms with Gasteiger partial charge in [0, 0.05) is 45.6 Å². The van der Waals surface area contributed by atoms with Crippen LogP contribution in [0.2, 0.25) is 0 Å². The molecule has 3 aromatic rings. The molecule has 30 heavy (non-hydrogen) atoms. The van der Waals surface area contributed by atoms with Crippen LogP contribution in [0.4, 0.5) is 17.3 Å². The third-order valence-corrected chi connectivity index (χ3v) is 6.61. The van der Waals surface area contributed by atoms with Gasteiger partial charge in [0.2, 0.25) is 0 Å². The Hall–Kier alpha value is -3.31. The summed E-state index contributed by atoms with van der Waals surface area (Å²) in [5, 5.41) is 4.02. The maximum absolute atomic E-state index is 13.3. The van der Waals surface area contributed by atoms with Gasteiger partial charge in [0.25, 0.3) is 5.91 Å². The molecular weight excluding hydrogens is 406 g/mol. The number of hydrogen-bond acceptors (Lipinski definition) is 7. The van der Waals surface area contributed by atoms with E-state index in [1.807, 2.05) is 11.8 Å². The minimum absolute atomic E-state index is 0.258. The van der Waals surface area contributed by atoms with Crippen molar-refractivity contribution in [2.75, 3.05) is 37.5 Å². The molecule has 0 N–H and O–H groups in total. The number of pyridine rings is 2. The summed E-state index contributed by atoms with van der Waals surface area (Å²) in [5.74, 6) is 0.763. The quantitative estimate of drug-likeness (QED) is 0.625. The third-order valence-electron chi connectivity index (χ3n) is 4.96. The largest absolute Gasteiger partial charge is 0.322 e. The maximum atomic E-state index is 13.3. The molecule has 1 aliphatic rings. The van der Waals surface area contributed by atoms with Crippen LogP contribution in [-0.2, 0) is 10.2 Å².